The fourth-order valence-corrected chi connectivity index (χ4v) is 3.35. The number of imidazole rings is 1. The molecule has 0 unspecified atom stereocenters. The summed E-state index contributed by atoms with van der Waals surface area (Å²) in [7, 11) is 0. The maximum Gasteiger partial charge on any atom is 0.141 e. The number of aromatic amines is 1. The molecule has 6 heteroatoms. The Morgan fingerprint density at radius 3 is 2.65 bits per heavy atom. The molecule has 2 heterocycles. The van der Waals surface area contributed by atoms with E-state index in [9.17, 15) is 9.65 Å². The van der Waals surface area contributed by atoms with Gasteiger partial charge in [-0.05, 0) is 44.5 Å². The molecular formula is C20H15FN4O. The van der Waals surface area contributed by atoms with Crippen LogP contribution in [0.3, 0.4) is 0 Å². The number of rotatable bonds is 2. The van der Waals surface area contributed by atoms with E-state index in [1.807, 2.05) is 39.0 Å². The maximum absolute atomic E-state index is 14.2. The molecule has 0 spiro atoms. The van der Waals surface area contributed by atoms with Crippen LogP contribution in [0.15, 0.2) is 34.9 Å². The lowest BCUT2D eigenvalue weighted by atomic mass is 9.94. The zero-order valence-corrected chi connectivity index (χ0v) is 14.5. The van der Waals surface area contributed by atoms with E-state index in [4.69, 9.17) is 4.52 Å². The molecule has 0 aliphatic heterocycles. The zero-order chi connectivity index (χ0) is 18.4. The lowest BCUT2D eigenvalue weighted by molar-refractivity contribution is 0.393. The molecule has 0 aliphatic carbocycles. The van der Waals surface area contributed by atoms with Gasteiger partial charge in [0, 0.05) is 16.7 Å². The highest BCUT2D eigenvalue weighted by molar-refractivity contribution is 5.97. The van der Waals surface area contributed by atoms with E-state index in [1.165, 1.54) is 6.07 Å². The summed E-state index contributed by atoms with van der Waals surface area (Å²) in [5.41, 5.74) is 5.24. The number of nitrogens with zero attached hydrogens (tertiary/aromatic N) is 3. The van der Waals surface area contributed by atoms with Gasteiger partial charge in [0.2, 0.25) is 0 Å². The monoisotopic (exact) mass is 346 g/mol. The minimum absolute atomic E-state index is 0.00497. The van der Waals surface area contributed by atoms with Gasteiger partial charge in [0.05, 0.1) is 22.3 Å². The number of halogens is 1. The summed E-state index contributed by atoms with van der Waals surface area (Å²) in [5.74, 6) is 0.893. The molecular weight excluding hydrogens is 331 g/mol. The summed E-state index contributed by atoms with van der Waals surface area (Å²) in [5, 5.41) is 13.5. The second kappa shape index (κ2) is 5.81. The van der Waals surface area contributed by atoms with Crippen molar-refractivity contribution in [2.75, 3.05) is 0 Å². The van der Waals surface area contributed by atoms with Gasteiger partial charge < -0.3 is 9.51 Å². The molecule has 128 valence electrons. The van der Waals surface area contributed by atoms with Crippen LogP contribution >= 0.6 is 0 Å². The van der Waals surface area contributed by atoms with Crippen LogP contribution in [0.5, 0.6) is 0 Å². The van der Waals surface area contributed by atoms with Crippen LogP contribution < -0.4 is 0 Å². The van der Waals surface area contributed by atoms with E-state index in [0.29, 0.717) is 22.4 Å². The van der Waals surface area contributed by atoms with Crippen LogP contribution in [0.2, 0.25) is 0 Å². The molecule has 0 bridgehead atoms. The Kier molecular flexibility index (Phi) is 3.58. The number of aryl methyl sites for hydroxylation is 3. The normalized spacial score (nSPS) is 11.0. The van der Waals surface area contributed by atoms with Gasteiger partial charge in [-0.25, -0.2) is 9.37 Å². The van der Waals surface area contributed by atoms with Gasteiger partial charge in [-0.15, -0.1) is 0 Å². The Bertz CT molecular complexity index is 1180. The van der Waals surface area contributed by atoms with E-state index in [-0.39, 0.29) is 5.56 Å². The fraction of sp³-hybridized carbons (Fsp3) is 0.150. The average molecular weight is 346 g/mol. The van der Waals surface area contributed by atoms with Crippen molar-refractivity contribution in [2.45, 2.75) is 20.8 Å². The van der Waals surface area contributed by atoms with Gasteiger partial charge in [0.25, 0.3) is 0 Å². The summed E-state index contributed by atoms with van der Waals surface area (Å²) in [6.07, 6.45) is 0. The highest BCUT2D eigenvalue weighted by Crippen LogP contribution is 2.37. The molecule has 0 aliphatic rings. The third-order valence-corrected chi connectivity index (χ3v) is 4.44. The number of hydrogen-bond donors (Lipinski definition) is 1. The van der Waals surface area contributed by atoms with Crippen molar-refractivity contribution in [1.29, 1.82) is 5.26 Å². The molecule has 4 aromatic rings. The highest BCUT2D eigenvalue weighted by Gasteiger charge is 2.19. The molecule has 0 radical (unpaired) electrons. The number of benzene rings is 2. The summed E-state index contributed by atoms with van der Waals surface area (Å²) >= 11 is 0. The Balaban J connectivity index is 2.10. The Morgan fingerprint density at radius 1 is 1.15 bits per heavy atom. The lowest BCUT2D eigenvalue weighted by Crippen LogP contribution is -1.92. The maximum atomic E-state index is 14.2. The molecule has 1 N–H and O–H groups in total. The molecule has 0 saturated heterocycles. The first kappa shape index (κ1) is 16.0. The Hall–Kier alpha value is -3.46. The molecule has 0 atom stereocenters. The summed E-state index contributed by atoms with van der Waals surface area (Å²) in [4.78, 5) is 7.76. The van der Waals surface area contributed by atoms with Gasteiger partial charge in [-0.2, -0.15) is 5.26 Å². The van der Waals surface area contributed by atoms with Gasteiger partial charge in [-0.3, -0.25) is 0 Å². The predicted molar refractivity (Wildman–Crippen MR) is 95.9 cm³/mol. The summed E-state index contributed by atoms with van der Waals surface area (Å²) in [6.45, 7) is 5.58. The number of nitriles is 1. The van der Waals surface area contributed by atoms with Crippen molar-refractivity contribution in [3.8, 4) is 28.3 Å². The van der Waals surface area contributed by atoms with Crippen molar-refractivity contribution in [3.05, 3.63) is 59.0 Å². The molecule has 5 nitrogen and oxygen atoms in total. The minimum Gasteiger partial charge on any atom is -0.361 e. The number of hydrogen-bond acceptors (Lipinski definition) is 4. The first-order chi connectivity index (χ1) is 12.5. The molecule has 4 rings (SSSR count). The lowest BCUT2D eigenvalue weighted by Gasteiger charge is -2.09. The van der Waals surface area contributed by atoms with E-state index >= 15 is 0 Å². The third kappa shape index (κ3) is 2.37. The van der Waals surface area contributed by atoms with Crippen LogP contribution in [0.4, 0.5) is 4.39 Å². The second-order valence-corrected chi connectivity index (χ2v) is 6.22. The quantitative estimate of drug-likeness (QED) is 0.564. The van der Waals surface area contributed by atoms with Crippen molar-refractivity contribution in [3.63, 3.8) is 0 Å². The first-order valence-electron chi connectivity index (χ1n) is 8.12. The van der Waals surface area contributed by atoms with Crippen LogP contribution in [0, 0.1) is 37.9 Å². The first-order valence-corrected chi connectivity index (χ1v) is 8.12. The van der Waals surface area contributed by atoms with Crippen LogP contribution in [-0.4, -0.2) is 15.1 Å². The number of nitrogens with one attached hydrogen (secondary N) is 1. The van der Waals surface area contributed by atoms with Crippen LogP contribution in [-0.2, 0) is 0 Å². The van der Waals surface area contributed by atoms with Crippen molar-refractivity contribution >= 4 is 11.0 Å². The predicted octanol–water partition coefficient (Wildman–Crippen LogP) is 4.82. The summed E-state index contributed by atoms with van der Waals surface area (Å²) < 4.78 is 19.5. The SMILES string of the molecule is Cc1nc2c(-c3cccc(F)c3C#N)cc(-c3c(C)noc3C)cc2[nH]1. The smallest absolute Gasteiger partial charge is 0.141 e. The zero-order valence-electron chi connectivity index (χ0n) is 14.5. The number of aromatic nitrogens is 3. The Labute approximate surface area is 149 Å². The van der Waals surface area contributed by atoms with Crippen LogP contribution in [0.25, 0.3) is 33.3 Å². The molecule has 0 saturated carbocycles. The number of H-pyrrole nitrogens is 1. The summed E-state index contributed by atoms with van der Waals surface area (Å²) in [6, 6.07) is 10.5. The van der Waals surface area contributed by atoms with E-state index in [2.05, 4.69) is 15.1 Å². The van der Waals surface area contributed by atoms with Gasteiger partial charge in [-0.1, -0.05) is 17.3 Å². The molecule has 0 amide bonds. The third-order valence-electron chi connectivity index (χ3n) is 4.44. The van der Waals surface area contributed by atoms with Crippen molar-refractivity contribution in [2.24, 2.45) is 0 Å². The van der Waals surface area contributed by atoms with Gasteiger partial charge in [0.1, 0.15) is 23.5 Å². The second-order valence-electron chi connectivity index (χ2n) is 6.22. The average Bonchev–Trinajstić information content (AvgIpc) is 3.14. The van der Waals surface area contributed by atoms with E-state index in [1.54, 1.807) is 12.1 Å². The minimum atomic E-state index is -0.548. The Morgan fingerprint density at radius 2 is 1.96 bits per heavy atom. The number of fused-ring (bicyclic) bond motifs is 1. The van der Waals surface area contributed by atoms with E-state index in [0.717, 1.165) is 28.2 Å². The molecule has 2 aromatic carbocycles. The van der Waals surface area contributed by atoms with Crippen molar-refractivity contribution in [1.82, 2.24) is 15.1 Å². The molecule has 0 fully saturated rings. The van der Waals surface area contributed by atoms with Gasteiger partial charge in [0.15, 0.2) is 0 Å². The molecule has 26 heavy (non-hydrogen) atoms. The largest absolute Gasteiger partial charge is 0.361 e. The highest BCUT2D eigenvalue weighted by atomic mass is 19.1. The standard InChI is InChI=1S/C20H15FN4O/c1-10-19(11(2)26-25-10)13-7-15(20-18(8-13)23-12(3)24-20)14-5-4-6-17(21)16(14)9-22/h4-8H,1-3H3,(H,23,24). The van der Waals surface area contributed by atoms with Gasteiger partial charge >= 0.3 is 0 Å². The molecule has 2 aromatic heterocycles. The van der Waals surface area contributed by atoms with Crippen molar-refractivity contribution < 1.29 is 8.91 Å². The topological polar surface area (TPSA) is 78.5 Å². The fourth-order valence-electron chi connectivity index (χ4n) is 3.35. The van der Waals surface area contributed by atoms with E-state index < -0.39 is 5.82 Å². The van der Waals surface area contributed by atoms with Crippen LogP contribution in [0.1, 0.15) is 22.8 Å².